The lowest BCUT2D eigenvalue weighted by atomic mass is 9.78. The second kappa shape index (κ2) is 9.01. The molecule has 0 bridgehead atoms. The van der Waals surface area contributed by atoms with Gasteiger partial charge >= 0.3 is 12.1 Å². The number of aryl methyl sites for hydroxylation is 2. The topological polar surface area (TPSA) is 97.8 Å². The first-order chi connectivity index (χ1) is 14.1. The predicted molar refractivity (Wildman–Crippen MR) is 114 cm³/mol. The van der Waals surface area contributed by atoms with Gasteiger partial charge in [-0.3, -0.25) is 9.78 Å². The van der Waals surface area contributed by atoms with E-state index in [-0.39, 0.29) is 16.7 Å². The summed E-state index contributed by atoms with van der Waals surface area (Å²) in [5, 5.41) is 3.35. The van der Waals surface area contributed by atoms with Crippen LogP contribution in [0.1, 0.15) is 54.9 Å². The molecule has 30 heavy (non-hydrogen) atoms. The van der Waals surface area contributed by atoms with Crippen LogP contribution in [0.2, 0.25) is 0 Å². The Morgan fingerprint density at radius 3 is 2.43 bits per heavy atom. The number of amides is 1. The number of Topliss-reactive ketones (excluding diaryl/α,β-unsaturated/α-hetero) is 1. The molecule has 1 aromatic heterocycles. The molecule has 0 saturated carbocycles. The zero-order chi connectivity index (χ0) is 22.1. The summed E-state index contributed by atoms with van der Waals surface area (Å²) in [5.41, 5.74) is 0.939. The van der Waals surface area contributed by atoms with E-state index in [1.807, 2.05) is 0 Å². The number of hydrogen-bond donors (Lipinski definition) is 1. The van der Waals surface area contributed by atoms with Crippen LogP contribution in [0.25, 0.3) is 0 Å². The van der Waals surface area contributed by atoms with Crippen LogP contribution in [0, 0.1) is 19.3 Å². The van der Waals surface area contributed by atoms with Gasteiger partial charge < -0.3 is 19.7 Å². The molecule has 0 atom stereocenters. The molecule has 2 aliphatic rings. The summed E-state index contributed by atoms with van der Waals surface area (Å²) in [6.45, 7) is 9.80. The van der Waals surface area contributed by atoms with Gasteiger partial charge in [-0.25, -0.2) is 9.59 Å². The lowest BCUT2D eigenvalue weighted by molar-refractivity contribution is -0.141. The van der Waals surface area contributed by atoms with Crippen molar-refractivity contribution >= 4 is 33.8 Å². The molecular weight excluding hydrogens is 454 g/mol. The highest BCUT2D eigenvalue weighted by Gasteiger charge is 2.41. The monoisotopic (exact) mass is 481 g/mol. The molecule has 3 rings (SSSR count). The molecule has 2 saturated heterocycles. The van der Waals surface area contributed by atoms with Gasteiger partial charge in [0.25, 0.3) is 5.78 Å². The van der Waals surface area contributed by atoms with Crippen molar-refractivity contribution in [2.24, 2.45) is 5.41 Å². The molecule has 9 heteroatoms. The molecule has 1 spiro atoms. The first kappa shape index (κ1) is 22.7. The minimum absolute atomic E-state index is 0.0157. The maximum atomic E-state index is 13.0. The fourth-order valence-electron chi connectivity index (χ4n) is 4.14. The fraction of sp³-hybridized carbons (Fsp3) is 0.619. The second-order valence-electron chi connectivity index (χ2n) is 8.37. The first-order valence-electron chi connectivity index (χ1n) is 10.2. The molecule has 2 fully saturated rings. The van der Waals surface area contributed by atoms with Crippen LogP contribution in [0.3, 0.4) is 0 Å². The highest BCUT2D eigenvalue weighted by atomic mass is 79.9. The SMILES string of the molecule is Cc1nc(C)c(C(=O)C(=O)OC(C)C)c(OC(=O)N2CCC3(CCNCC3)C2)c1Br. The summed E-state index contributed by atoms with van der Waals surface area (Å²) < 4.78 is 11.1. The van der Waals surface area contributed by atoms with Gasteiger partial charge in [0.1, 0.15) is 0 Å². The number of nitrogens with one attached hydrogen (secondary N) is 1. The smallest absolute Gasteiger partial charge is 0.415 e. The quantitative estimate of drug-likeness (QED) is 0.400. The Kier molecular flexibility index (Phi) is 6.81. The number of carbonyl (C=O) groups is 3. The average molecular weight is 482 g/mol. The molecule has 1 amide bonds. The zero-order valence-electron chi connectivity index (χ0n) is 17.8. The number of halogens is 1. The molecule has 1 N–H and O–H groups in total. The number of aromatic nitrogens is 1. The van der Waals surface area contributed by atoms with Crippen LogP contribution in [0.15, 0.2) is 4.47 Å². The lowest BCUT2D eigenvalue weighted by Gasteiger charge is -2.33. The summed E-state index contributed by atoms with van der Waals surface area (Å²) in [6.07, 6.45) is 2.02. The molecule has 2 aliphatic heterocycles. The highest BCUT2D eigenvalue weighted by Crippen LogP contribution is 2.40. The number of rotatable bonds is 4. The Bertz CT molecular complexity index is 865. The molecular formula is C21H28BrN3O5. The summed E-state index contributed by atoms with van der Waals surface area (Å²) in [5.74, 6) is -1.87. The summed E-state index contributed by atoms with van der Waals surface area (Å²) in [7, 11) is 0. The fourth-order valence-corrected chi connectivity index (χ4v) is 4.50. The van der Waals surface area contributed by atoms with E-state index in [0.29, 0.717) is 29.0 Å². The lowest BCUT2D eigenvalue weighted by Crippen LogP contribution is -2.40. The van der Waals surface area contributed by atoms with Crippen molar-refractivity contribution in [1.82, 2.24) is 15.2 Å². The molecule has 0 unspecified atom stereocenters. The van der Waals surface area contributed by atoms with Gasteiger partial charge in [0.2, 0.25) is 0 Å². The number of hydrogen-bond acceptors (Lipinski definition) is 7. The summed E-state index contributed by atoms with van der Waals surface area (Å²) in [6, 6.07) is 0. The van der Waals surface area contributed by atoms with Crippen molar-refractivity contribution in [2.45, 2.75) is 53.1 Å². The second-order valence-corrected chi connectivity index (χ2v) is 9.17. The third-order valence-corrected chi connectivity index (χ3v) is 6.68. The number of likely N-dealkylation sites (tertiary alicyclic amines) is 1. The number of ether oxygens (including phenoxy) is 2. The molecule has 164 valence electrons. The van der Waals surface area contributed by atoms with Gasteiger partial charge in [0, 0.05) is 13.1 Å². The van der Waals surface area contributed by atoms with Crippen molar-refractivity contribution in [3.8, 4) is 5.75 Å². The van der Waals surface area contributed by atoms with Crippen molar-refractivity contribution < 1.29 is 23.9 Å². The standard InChI is InChI=1S/C21H28BrN3O5/c1-12(2)29-19(27)17(26)15-13(3)24-14(4)16(22)18(15)30-20(28)25-10-7-21(11-25)5-8-23-9-6-21/h12,23H,5-11H2,1-4H3. The van der Waals surface area contributed by atoms with E-state index in [2.05, 4.69) is 26.2 Å². The van der Waals surface area contributed by atoms with Gasteiger partial charge in [-0.15, -0.1) is 0 Å². The van der Waals surface area contributed by atoms with Gasteiger partial charge in [0.15, 0.2) is 5.75 Å². The van der Waals surface area contributed by atoms with Crippen LogP contribution < -0.4 is 10.1 Å². The van der Waals surface area contributed by atoms with Crippen LogP contribution in [-0.2, 0) is 9.53 Å². The van der Waals surface area contributed by atoms with E-state index < -0.39 is 23.9 Å². The Hall–Kier alpha value is -2.00. The first-order valence-corrected chi connectivity index (χ1v) is 11.0. The number of ketones is 1. The van der Waals surface area contributed by atoms with Crippen LogP contribution >= 0.6 is 15.9 Å². The molecule has 8 nitrogen and oxygen atoms in total. The average Bonchev–Trinajstić information content (AvgIpc) is 3.09. The van der Waals surface area contributed by atoms with Gasteiger partial charge in [-0.1, -0.05) is 0 Å². The summed E-state index contributed by atoms with van der Waals surface area (Å²) in [4.78, 5) is 44.0. The minimum Gasteiger partial charge on any atom is -0.457 e. The summed E-state index contributed by atoms with van der Waals surface area (Å²) >= 11 is 3.37. The van der Waals surface area contributed by atoms with Crippen LogP contribution in [0.4, 0.5) is 4.79 Å². The Labute approximate surface area is 184 Å². The van der Waals surface area contributed by atoms with E-state index in [0.717, 1.165) is 32.4 Å². The number of piperidine rings is 1. The maximum Gasteiger partial charge on any atom is 0.415 e. The van der Waals surface area contributed by atoms with Gasteiger partial charge in [0.05, 0.1) is 27.5 Å². The van der Waals surface area contributed by atoms with E-state index in [1.165, 1.54) is 0 Å². The van der Waals surface area contributed by atoms with E-state index in [1.54, 1.807) is 32.6 Å². The molecule has 0 aromatic carbocycles. The predicted octanol–water partition coefficient (Wildman–Crippen LogP) is 3.17. The van der Waals surface area contributed by atoms with E-state index in [4.69, 9.17) is 9.47 Å². The Balaban J connectivity index is 1.85. The van der Waals surface area contributed by atoms with Crippen LogP contribution in [-0.4, -0.2) is 60.0 Å². The number of nitrogens with zero attached hydrogens (tertiary/aromatic N) is 2. The number of esters is 1. The normalized spacial score (nSPS) is 18.0. The van der Waals surface area contributed by atoms with E-state index in [9.17, 15) is 14.4 Å². The molecule has 0 aliphatic carbocycles. The molecule has 0 radical (unpaired) electrons. The number of pyridine rings is 1. The van der Waals surface area contributed by atoms with Crippen molar-refractivity contribution in [3.05, 3.63) is 21.4 Å². The molecule has 1 aromatic rings. The van der Waals surface area contributed by atoms with Crippen LogP contribution in [0.5, 0.6) is 5.75 Å². The van der Waals surface area contributed by atoms with Crippen molar-refractivity contribution in [2.75, 3.05) is 26.2 Å². The van der Waals surface area contributed by atoms with Crippen molar-refractivity contribution in [3.63, 3.8) is 0 Å². The minimum atomic E-state index is -1.00. The molecule has 3 heterocycles. The zero-order valence-corrected chi connectivity index (χ0v) is 19.4. The highest BCUT2D eigenvalue weighted by molar-refractivity contribution is 9.10. The van der Waals surface area contributed by atoms with E-state index >= 15 is 0 Å². The largest absolute Gasteiger partial charge is 0.457 e. The Morgan fingerprint density at radius 1 is 1.13 bits per heavy atom. The Morgan fingerprint density at radius 2 is 1.80 bits per heavy atom. The van der Waals surface area contributed by atoms with Gasteiger partial charge in [-0.2, -0.15) is 0 Å². The third kappa shape index (κ3) is 4.67. The van der Waals surface area contributed by atoms with Gasteiger partial charge in [-0.05, 0) is 81.4 Å². The maximum absolute atomic E-state index is 13.0. The third-order valence-electron chi connectivity index (χ3n) is 5.75. The van der Waals surface area contributed by atoms with Crippen molar-refractivity contribution in [1.29, 1.82) is 0 Å². The number of carbonyl (C=O) groups excluding carboxylic acids is 3.